The van der Waals surface area contributed by atoms with Gasteiger partial charge in [-0.3, -0.25) is 14.3 Å². The molecule has 0 aliphatic carbocycles. The number of aromatic nitrogens is 2. The number of anilines is 3. The molecule has 9 N–H and O–H groups in total. The van der Waals surface area contributed by atoms with Crippen LogP contribution in [0.5, 0.6) is 0 Å². The summed E-state index contributed by atoms with van der Waals surface area (Å²) in [6.45, 7) is -0.588. The zero-order valence-corrected chi connectivity index (χ0v) is 18.7. The fourth-order valence-corrected chi connectivity index (χ4v) is 6.55. The van der Waals surface area contributed by atoms with Gasteiger partial charge in [-0.15, -0.1) is 0 Å². The van der Waals surface area contributed by atoms with Gasteiger partial charge in [-0.25, -0.2) is 13.7 Å². The molecule has 2 unspecified atom stereocenters. The molecule has 186 valence electrons. The lowest BCUT2D eigenvalue weighted by Crippen LogP contribution is -2.45. The van der Waals surface area contributed by atoms with Crippen LogP contribution in [0.4, 0.5) is 17.5 Å². The SMILES string of the molecule is Nc1nc2c(c(=O)[nH]1)N1C[C@@H]1N2[C@@H]1O[C@H](COP(=O)(O)OP(=O)(O)OP(=O)(O)O)[C@@H](O)[C@H]1O. The van der Waals surface area contributed by atoms with Crippen molar-refractivity contribution in [2.24, 2.45) is 0 Å². The van der Waals surface area contributed by atoms with Gasteiger partial charge in [0.2, 0.25) is 5.95 Å². The van der Waals surface area contributed by atoms with Crippen molar-refractivity contribution in [3.63, 3.8) is 0 Å². The maximum absolute atomic E-state index is 12.2. The minimum Gasteiger partial charge on any atom is -0.387 e. The fraction of sp³-hybridized carbons (Fsp3) is 0.636. The van der Waals surface area contributed by atoms with Crippen LogP contribution in [0.25, 0.3) is 0 Å². The number of fused-ring (bicyclic) bond motifs is 3. The number of rotatable bonds is 8. The normalized spacial score (nSPS) is 32.2. The molecule has 1 aromatic rings. The van der Waals surface area contributed by atoms with Crippen LogP contribution in [-0.4, -0.2) is 83.6 Å². The van der Waals surface area contributed by atoms with Gasteiger partial charge in [0.25, 0.3) is 5.56 Å². The lowest BCUT2D eigenvalue weighted by atomic mass is 10.1. The van der Waals surface area contributed by atoms with Crippen molar-refractivity contribution in [1.82, 2.24) is 9.97 Å². The Hall–Kier alpha value is -1.43. The number of hydrogen-bond acceptors (Lipinski definition) is 14. The van der Waals surface area contributed by atoms with Gasteiger partial charge in [-0.05, 0) is 0 Å². The van der Waals surface area contributed by atoms with Crippen LogP contribution in [0.2, 0.25) is 0 Å². The number of phosphoric ester groups is 1. The van der Waals surface area contributed by atoms with Gasteiger partial charge in [-0.2, -0.15) is 13.6 Å². The maximum Gasteiger partial charge on any atom is 0.490 e. The first-order valence-corrected chi connectivity index (χ1v) is 13.4. The smallest absolute Gasteiger partial charge is 0.387 e. The third kappa shape index (κ3) is 5.01. The molecular weight excluding hydrogens is 519 g/mol. The molecule has 0 bridgehead atoms. The zero-order valence-electron chi connectivity index (χ0n) is 16.0. The second-order valence-electron chi connectivity index (χ2n) is 7.10. The Bertz CT molecular complexity index is 1160. The summed E-state index contributed by atoms with van der Waals surface area (Å²) in [7, 11) is -16.7. The number of aliphatic hydroxyl groups is 2. The van der Waals surface area contributed by atoms with E-state index in [2.05, 4.69) is 23.1 Å². The van der Waals surface area contributed by atoms with Gasteiger partial charge in [0.1, 0.15) is 30.2 Å². The van der Waals surface area contributed by atoms with Crippen molar-refractivity contribution in [2.45, 2.75) is 30.7 Å². The summed E-state index contributed by atoms with van der Waals surface area (Å²) >= 11 is 0. The molecule has 7 atom stereocenters. The molecule has 19 nitrogen and oxygen atoms in total. The number of nitrogen functional groups attached to an aromatic ring is 1. The summed E-state index contributed by atoms with van der Waals surface area (Å²) in [6, 6.07) is 0. The molecule has 0 radical (unpaired) electrons. The molecule has 0 aromatic carbocycles. The number of nitrogens with zero attached hydrogens (tertiary/aromatic N) is 3. The van der Waals surface area contributed by atoms with Crippen molar-refractivity contribution < 1.29 is 61.4 Å². The van der Waals surface area contributed by atoms with Crippen molar-refractivity contribution in [3.05, 3.63) is 10.4 Å². The third-order valence-corrected chi connectivity index (χ3v) is 8.57. The molecule has 0 spiro atoms. The van der Waals surface area contributed by atoms with Gasteiger partial charge in [0.15, 0.2) is 12.0 Å². The van der Waals surface area contributed by atoms with Crippen molar-refractivity contribution >= 4 is 40.9 Å². The van der Waals surface area contributed by atoms with E-state index < -0.39 is 66.3 Å². The predicted octanol–water partition coefficient (Wildman–Crippen LogP) is -2.89. The Labute approximate surface area is 182 Å². The fourth-order valence-electron chi connectivity index (χ4n) is 3.52. The van der Waals surface area contributed by atoms with Crippen LogP contribution in [0.15, 0.2) is 4.79 Å². The van der Waals surface area contributed by atoms with Crippen molar-refractivity contribution in [3.8, 4) is 0 Å². The Morgan fingerprint density at radius 2 is 1.79 bits per heavy atom. The highest BCUT2D eigenvalue weighted by Crippen LogP contribution is 2.66. The molecule has 2 saturated heterocycles. The van der Waals surface area contributed by atoms with E-state index in [0.717, 1.165) is 0 Å². The second-order valence-corrected chi connectivity index (χ2v) is 11.5. The van der Waals surface area contributed by atoms with E-state index >= 15 is 0 Å². The van der Waals surface area contributed by atoms with Crippen LogP contribution in [0.1, 0.15) is 0 Å². The summed E-state index contributed by atoms with van der Waals surface area (Å²) in [4.78, 5) is 57.3. The Kier molecular flexibility index (Phi) is 6.03. The zero-order chi connectivity index (χ0) is 24.5. The minimum absolute atomic E-state index is 0.0808. The van der Waals surface area contributed by atoms with Crippen LogP contribution in [-0.2, 0) is 31.6 Å². The Balaban J connectivity index is 1.44. The number of hydrogen-bond donors (Lipinski definition) is 8. The topological polar surface area (TPSA) is 288 Å². The Morgan fingerprint density at radius 3 is 2.42 bits per heavy atom. The van der Waals surface area contributed by atoms with Crippen LogP contribution >= 0.6 is 23.5 Å². The highest BCUT2D eigenvalue weighted by molar-refractivity contribution is 7.66. The molecule has 0 saturated carbocycles. The Morgan fingerprint density at radius 1 is 1.12 bits per heavy atom. The van der Waals surface area contributed by atoms with Crippen LogP contribution in [0, 0.1) is 0 Å². The first-order valence-electron chi connectivity index (χ1n) is 8.83. The number of nitrogens with one attached hydrogen (secondary N) is 1. The molecule has 4 rings (SSSR count). The van der Waals surface area contributed by atoms with Crippen molar-refractivity contribution in [2.75, 3.05) is 28.7 Å². The highest BCUT2D eigenvalue weighted by Gasteiger charge is 2.58. The number of phosphoric acid groups is 3. The summed E-state index contributed by atoms with van der Waals surface area (Å²) in [6.07, 6.45) is -6.52. The molecule has 1 aromatic heterocycles. The van der Waals surface area contributed by atoms with Gasteiger partial charge in [0, 0.05) is 0 Å². The van der Waals surface area contributed by atoms with E-state index in [9.17, 15) is 33.6 Å². The summed E-state index contributed by atoms with van der Waals surface area (Å²) < 4.78 is 51.0. The number of nitrogens with two attached hydrogens (primary N) is 1. The standard InChI is InChI=1S/C11H18N5O14P3/c12-11-13-8-5(9(19)14-11)15-1-4(15)16(8)10-7(18)6(17)3(28-10)2-27-32(23,24)30-33(25,26)29-31(20,21)22/h3-4,6-7,10,17-18H,1-2H2,(H,23,24)(H,25,26)(H2,20,21,22)(H3,12,13,14,19)/t3-,4+,6-,7-,10-,15?/m1/s1. The van der Waals surface area contributed by atoms with E-state index in [1.165, 1.54) is 4.90 Å². The number of ether oxygens (including phenoxy) is 1. The maximum atomic E-state index is 12.2. The molecule has 22 heteroatoms. The predicted molar refractivity (Wildman–Crippen MR) is 103 cm³/mol. The average Bonchev–Trinajstić information content (AvgIpc) is 3.24. The highest BCUT2D eigenvalue weighted by atomic mass is 31.3. The molecule has 4 heterocycles. The number of aromatic amines is 1. The molecular formula is C11H18N5O14P3. The van der Waals surface area contributed by atoms with Gasteiger partial charge >= 0.3 is 23.5 Å². The molecule has 3 aliphatic rings. The molecule has 33 heavy (non-hydrogen) atoms. The first kappa shape index (κ1) is 24.7. The monoisotopic (exact) mass is 537 g/mol. The quantitative estimate of drug-likeness (QED) is 0.122. The van der Waals surface area contributed by atoms with E-state index in [1.54, 1.807) is 4.90 Å². The second kappa shape index (κ2) is 8.07. The van der Waals surface area contributed by atoms with Crippen molar-refractivity contribution in [1.29, 1.82) is 0 Å². The third-order valence-electron chi connectivity index (χ3n) is 4.76. The summed E-state index contributed by atoms with van der Waals surface area (Å²) in [5.74, 6) is -0.124. The lowest BCUT2D eigenvalue weighted by Gasteiger charge is -2.28. The lowest BCUT2D eigenvalue weighted by molar-refractivity contribution is -0.0222. The number of aliphatic hydroxyl groups excluding tert-OH is 2. The van der Waals surface area contributed by atoms with Crippen LogP contribution in [0.3, 0.4) is 0 Å². The van der Waals surface area contributed by atoms with Gasteiger partial charge in [-0.1, -0.05) is 0 Å². The minimum atomic E-state index is -5.72. The number of H-pyrrole nitrogens is 1. The van der Waals surface area contributed by atoms with Gasteiger partial charge in [0.05, 0.1) is 13.2 Å². The largest absolute Gasteiger partial charge is 0.490 e. The molecule has 3 aliphatic heterocycles. The first-order chi connectivity index (χ1) is 15.1. The average molecular weight is 537 g/mol. The van der Waals surface area contributed by atoms with Gasteiger partial charge < -0.3 is 50.1 Å². The van der Waals surface area contributed by atoms with E-state index in [1.807, 2.05) is 0 Å². The summed E-state index contributed by atoms with van der Waals surface area (Å²) in [5.41, 5.74) is 5.22. The van der Waals surface area contributed by atoms with E-state index in [-0.39, 0.29) is 17.5 Å². The summed E-state index contributed by atoms with van der Waals surface area (Å²) in [5, 5.41) is 20.7. The molecule has 0 amide bonds. The van der Waals surface area contributed by atoms with E-state index in [0.29, 0.717) is 6.54 Å². The van der Waals surface area contributed by atoms with Crippen LogP contribution < -0.4 is 21.1 Å². The van der Waals surface area contributed by atoms with E-state index in [4.69, 9.17) is 25.2 Å². The molecule has 2 fully saturated rings.